The van der Waals surface area contributed by atoms with E-state index in [9.17, 15) is 0 Å². The van der Waals surface area contributed by atoms with Crippen molar-refractivity contribution in [2.75, 3.05) is 7.05 Å². The van der Waals surface area contributed by atoms with Crippen LogP contribution < -0.4 is 5.32 Å². The lowest BCUT2D eigenvalue weighted by molar-refractivity contribution is 0.0820. The van der Waals surface area contributed by atoms with Crippen LogP contribution in [0.3, 0.4) is 0 Å². The number of nitrogens with one attached hydrogen (secondary N) is 1. The average molecular weight is 211 g/mol. The highest BCUT2D eigenvalue weighted by molar-refractivity contribution is 5.06. The smallest absolute Gasteiger partial charge is 0.186 e. The second-order valence-electron chi connectivity index (χ2n) is 4.06. The standard InChI is InChI=1S/C13H25NO/c1-6-7-8-9-10-13(14-5)15-12(4)11(2)3/h8-12,14H,6-7H2,1-5H3/b9-8-,13-10+. The van der Waals surface area contributed by atoms with Crippen LogP contribution in [0.25, 0.3) is 0 Å². The molecule has 0 aromatic carbocycles. The number of hydrogen-bond donors (Lipinski definition) is 1. The van der Waals surface area contributed by atoms with Crippen LogP contribution in [0.5, 0.6) is 0 Å². The Kier molecular flexibility index (Phi) is 7.88. The third kappa shape index (κ3) is 7.06. The summed E-state index contributed by atoms with van der Waals surface area (Å²) in [5.41, 5.74) is 0. The molecule has 0 aromatic heterocycles. The largest absolute Gasteiger partial charge is 0.476 e. The van der Waals surface area contributed by atoms with Gasteiger partial charge < -0.3 is 10.1 Å². The van der Waals surface area contributed by atoms with E-state index >= 15 is 0 Å². The predicted molar refractivity (Wildman–Crippen MR) is 66.6 cm³/mol. The molecule has 0 aliphatic carbocycles. The molecule has 2 nitrogen and oxygen atoms in total. The number of ether oxygens (including phenoxy) is 1. The van der Waals surface area contributed by atoms with Gasteiger partial charge in [0.15, 0.2) is 5.88 Å². The van der Waals surface area contributed by atoms with Crippen molar-refractivity contribution in [3.05, 3.63) is 24.1 Å². The Balaban J connectivity index is 4.11. The van der Waals surface area contributed by atoms with Gasteiger partial charge in [-0.15, -0.1) is 0 Å². The normalized spacial score (nSPS) is 14.7. The van der Waals surface area contributed by atoms with E-state index in [2.05, 4.69) is 39.1 Å². The van der Waals surface area contributed by atoms with Gasteiger partial charge in [-0.05, 0) is 25.3 Å². The Bertz CT molecular complexity index is 207. The maximum Gasteiger partial charge on any atom is 0.186 e. The van der Waals surface area contributed by atoms with Gasteiger partial charge in [-0.1, -0.05) is 39.3 Å². The molecule has 0 rings (SSSR count). The van der Waals surface area contributed by atoms with E-state index in [1.54, 1.807) is 0 Å². The fourth-order valence-electron chi connectivity index (χ4n) is 0.936. The second-order valence-corrected chi connectivity index (χ2v) is 4.06. The van der Waals surface area contributed by atoms with Crippen LogP contribution in [-0.4, -0.2) is 13.2 Å². The lowest BCUT2D eigenvalue weighted by Crippen LogP contribution is -2.20. The van der Waals surface area contributed by atoms with Crippen LogP contribution in [0, 0.1) is 5.92 Å². The van der Waals surface area contributed by atoms with E-state index in [0.29, 0.717) is 5.92 Å². The Morgan fingerprint density at radius 1 is 1.33 bits per heavy atom. The first kappa shape index (κ1) is 14.1. The maximum atomic E-state index is 5.74. The summed E-state index contributed by atoms with van der Waals surface area (Å²) in [4.78, 5) is 0. The molecule has 1 atom stereocenters. The Morgan fingerprint density at radius 2 is 2.00 bits per heavy atom. The number of hydrogen-bond acceptors (Lipinski definition) is 2. The topological polar surface area (TPSA) is 21.3 Å². The number of allylic oxidation sites excluding steroid dienone is 3. The highest BCUT2D eigenvalue weighted by Gasteiger charge is 2.08. The van der Waals surface area contributed by atoms with E-state index < -0.39 is 0 Å². The van der Waals surface area contributed by atoms with Gasteiger partial charge in [0.05, 0.1) is 6.10 Å². The first-order valence-corrected chi connectivity index (χ1v) is 5.83. The van der Waals surface area contributed by atoms with Crippen LogP contribution in [-0.2, 0) is 4.74 Å². The van der Waals surface area contributed by atoms with Crippen molar-refractivity contribution in [1.82, 2.24) is 5.32 Å². The minimum atomic E-state index is 0.239. The molecule has 2 heteroatoms. The second kappa shape index (κ2) is 8.39. The molecule has 0 saturated carbocycles. The SMILES string of the molecule is CCC/C=C\C=C(/NC)OC(C)C(C)C. The molecule has 88 valence electrons. The molecule has 1 unspecified atom stereocenters. The highest BCUT2D eigenvalue weighted by Crippen LogP contribution is 2.09. The molecule has 1 N–H and O–H groups in total. The zero-order chi connectivity index (χ0) is 11.7. The van der Waals surface area contributed by atoms with Gasteiger partial charge in [-0.25, -0.2) is 0 Å². The van der Waals surface area contributed by atoms with Crippen molar-refractivity contribution in [1.29, 1.82) is 0 Å². The molecule has 0 heterocycles. The van der Waals surface area contributed by atoms with Crippen molar-refractivity contribution >= 4 is 0 Å². The monoisotopic (exact) mass is 211 g/mol. The molecule has 0 spiro atoms. The highest BCUT2D eigenvalue weighted by atomic mass is 16.5. The van der Waals surface area contributed by atoms with Crippen molar-refractivity contribution in [3.8, 4) is 0 Å². The third-order valence-corrected chi connectivity index (χ3v) is 2.34. The molecular formula is C13H25NO. The molecule has 0 fully saturated rings. The van der Waals surface area contributed by atoms with Crippen LogP contribution in [0.4, 0.5) is 0 Å². The first-order valence-electron chi connectivity index (χ1n) is 5.83. The molecule has 0 aromatic rings. The number of unbranched alkanes of at least 4 members (excludes halogenated alkanes) is 1. The van der Waals surface area contributed by atoms with Crippen molar-refractivity contribution in [2.45, 2.75) is 46.6 Å². The van der Waals surface area contributed by atoms with E-state index in [-0.39, 0.29) is 6.10 Å². The zero-order valence-electron chi connectivity index (χ0n) is 10.7. The Hall–Kier alpha value is -0.920. The Labute approximate surface area is 94.4 Å². The molecular weight excluding hydrogens is 186 g/mol. The van der Waals surface area contributed by atoms with Gasteiger partial charge in [0.2, 0.25) is 0 Å². The quantitative estimate of drug-likeness (QED) is 0.514. The summed E-state index contributed by atoms with van der Waals surface area (Å²) in [6, 6.07) is 0. The molecule has 15 heavy (non-hydrogen) atoms. The third-order valence-electron chi connectivity index (χ3n) is 2.34. The summed E-state index contributed by atoms with van der Waals surface area (Å²) in [5.74, 6) is 1.37. The molecule has 0 aliphatic rings. The minimum Gasteiger partial charge on any atom is -0.476 e. The van der Waals surface area contributed by atoms with E-state index in [1.807, 2.05) is 19.2 Å². The predicted octanol–water partition coefficient (Wildman–Crippen LogP) is 3.46. The van der Waals surface area contributed by atoms with Crippen molar-refractivity contribution in [3.63, 3.8) is 0 Å². The van der Waals surface area contributed by atoms with Crippen LogP contribution in [0.1, 0.15) is 40.5 Å². The average Bonchev–Trinajstić information content (AvgIpc) is 2.22. The van der Waals surface area contributed by atoms with Gasteiger partial charge in [-0.2, -0.15) is 0 Å². The first-order chi connectivity index (χ1) is 7.11. The van der Waals surface area contributed by atoms with Crippen molar-refractivity contribution < 1.29 is 4.74 Å². The molecule has 0 bridgehead atoms. The zero-order valence-corrected chi connectivity index (χ0v) is 10.7. The Morgan fingerprint density at radius 3 is 2.47 bits per heavy atom. The fourth-order valence-corrected chi connectivity index (χ4v) is 0.936. The van der Waals surface area contributed by atoms with Crippen LogP contribution >= 0.6 is 0 Å². The van der Waals surface area contributed by atoms with Crippen LogP contribution in [0.2, 0.25) is 0 Å². The summed E-state index contributed by atoms with van der Waals surface area (Å²) in [6.07, 6.45) is 8.72. The molecule has 0 amide bonds. The van der Waals surface area contributed by atoms with Gasteiger partial charge >= 0.3 is 0 Å². The summed E-state index contributed by atoms with van der Waals surface area (Å²) < 4.78 is 5.74. The lowest BCUT2D eigenvalue weighted by atomic mass is 10.1. The maximum absolute atomic E-state index is 5.74. The summed E-state index contributed by atoms with van der Waals surface area (Å²) in [7, 11) is 1.88. The minimum absolute atomic E-state index is 0.239. The summed E-state index contributed by atoms with van der Waals surface area (Å²) >= 11 is 0. The summed E-state index contributed by atoms with van der Waals surface area (Å²) in [5, 5.41) is 3.05. The van der Waals surface area contributed by atoms with Crippen molar-refractivity contribution in [2.24, 2.45) is 5.92 Å². The lowest BCUT2D eigenvalue weighted by Gasteiger charge is -2.19. The van der Waals surface area contributed by atoms with E-state index in [4.69, 9.17) is 4.74 Å². The molecule has 0 saturated heterocycles. The van der Waals surface area contributed by atoms with Gasteiger partial charge in [-0.3, -0.25) is 0 Å². The van der Waals surface area contributed by atoms with E-state index in [0.717, 1.165) is 12.3 Å². The van der Waals surface area contributed by atoms with Gasteiger partial charge in [0, 0.05) is 7.05 Å². The van der Waals surface area contributed by atoms with Gasteiger partial charge in [0.1, 0.15) is 0 Å². The molecule has 0 aliphatic heterocycles. The summed E-state index contributed by atoms with van der Waals surface area (Å²) in [6.45, 7) is 8.58. The molecule has 0 radical (unpaired) electrons. The van der Waals surface area contributed by atoms with E-state index in [1.165, 1.54) is 6.42 Å². The number of rotatable bonds is 7. The van der Waals surface area contributed by atoms with Crippen LogP contribution in [0.15, 0.2) is 24.1 Å². The van der Waals surface area contributed by atoms with Gasteiger partial charge in [0.25, 0.3) is 0 Å². The fraction of sp³-hybridized carbons (Fsp3) is 0.692.